The van der Waals surface area contributed by atoms with Gasteiger partial charge in [0.25, 0.3) is 0 Å². The molecule has 0 unspecified atom stereocenters. The van der Waals surface area contributed by atoms with Crippen molar-refractivity contribution in [3.05, 3.63) is 27.3 Å². The molecule has 0 aromatic heterocycles. The molecule has 1 aromatic rings. The Labute approximate surface area is 96.3 Å². The Balaban J connectivity index is 2.71. The first-order valence-corrected chi connectivity index (χ1v) is 5.18. The Kier molecular flexibility index (Phi) is 3.99. The van der Waals surface area contributed by atoms with E-state index < -0.39 is 0 Å². The van der Waals surface area contributed by atoms with Gasteiger partial charge in [-0.1, -0.05) is 11.2 Å². The number of rotatable bonds is 3. The Morgan fingerprint density at radius 2 is 2.36 bits per heavy atom. The average molecular weight is 305 g/mol. The third kappa shape index (κ3) is 3.06. The van der Waals surface area contributed by atoms with Crippen LogP contribution in [0.5, 0.6) is 0 Å². The molecule has 0 heterocycles. The third-order valence-electron chi connectivity index (χ3n) is 1.79. The number of nitrogens with two attached hydrogens (primary N) is 1. The maximum Gasteiger partial charge on any atom is 0.158 e. The van der Waals surface area contributed by atoms with Gasteiger partial charge in [-0.3, -0.25) is 0 Å². The minimum Gasteiger partial charge on any atom is -0.409 e. The number of oxime groups is 1. The first kappa shape index (κ1) is 11.1. The quantitative estimate of drug-likeness (QED) is 0.262. The number of benzene rings is 1. The highest BCUT2D eigenvalue weighted by Gasteiger charge is 1.99. The molecule has 0 aliphatic heterocycles. The summed E-state index contributed by atoms with van der Waals surface area (Å²) in [5.74, 6) is 0.170. The highest BCUT2D eigenvalue weighted by Crippen LogP contribution is 2.17. The van der Waals surface area contributed by atoms with E-state index >= 15 is 0 Å². The predicted molar refractivity (Wildman–Crippen MR) is 65.8 cm³/mol. The van der Waals surface area contributed by atoms with Gasteiger partial charge in [0.2, 0.25) is 0 Å². The molecular formula is C9H12IN3O. The second kappa shape index (κ2) is 5.04. The van der Waals surface area contributed by atoms with E-state index in [0.29, 0.717) is 6.54 Å². The monoisotopic (exact) mass is 305 g/mol. The van der Waals surface area contributed by atoms with Crippen LogP contribution in [0.2, 0.25) is 0 Å². The number of hydrogen-bond acceptors (Lipinski definition) is 3. The minimum absolute atomic E-state index is 0.170. The largest absolute Gasteiger partial charge is 0.409 e. The normalized spacial score (nSPS) is 11.4. The first-order chi connectivity index (χ1) is 6.63. The maximum atomic E-state index is 8.36. The number of hydrogen-bond donors (Lipinski definition) is 3. The van der Waals surface area contributed by atoms with E-state index in [1.54, 1.807) is 0 Å². The number of nitrogens with zero attached hydrogens (tertiary/aromatic N) is 1. The molecule has 0 atom stereocenters. The van der Waals surface area contributed by atoms with Crippen LogP contribution in [0.3, 0.4) is 0 Å². The van der Waals surface area contributed by atoms with Crippen molar-refractivity contribution in [3.8, 4) is 0 Å². The fraction of sp³-hybridized carbons (Fsp3) is 0.222. The van der Waals surface area contributed by atoms with Crippen molar-refractivity contribution < 1.29 is 5.21 Å². The smallest absolute Gasteiger partial charge is 0.158 e. The van der Waals surface area contributed by atoms with E-state index in [4.69, 9.17) is 10.9 Å². The Morgan fingerprint density at radius 1 is 1.64 bits per heavy atom. The molecule has 76 valence electrons. The first-order valence-electron chi connectivity index (χ1n) is 4.10. The molecule has 0 saturated carbocycles. The van der Waals surface area contributed by atoms with Crippen LogP contribution in [-0.4, -0.2) is 17.6 Å². The summed E-state index contributed by atoms with van der Waals surface area (Å²) < 4.78 is 1.15. The minimum atomic E-state index is 0.170. The molecule has 4 N–H and O–H groups in total. The summed E-state index contributed by atoms with van der Waals surface area (Å²) in [7, 11) is 0. The molecule has 0 saturated heterocycles. The van der Waals surface area contributed by atoms with Gasteiger partial charge in [0.15, 0.2) is 5.84 Å². The number of amidine groups is 1. The fourth-order valence-corrected chi connectivity index (χ4v) is 1.50. The Bertz CT molecular complexity index is 352. The molecule has 5 heteroatoms. The van der Waals surface area contributed by atoms with Gasteiger partial charge in [0.1, 0.15) is 0 Å². The maximum absolute atomic E-state index is 8.36. The number of halogens is 1. The van der Waals surface area contributed by atoms with Crippen LogP contribution in [0.15, 0.2) is 23.4 Å². The van der Waals surface area contributed by atoms with Crippen molar-refractivity contribution in [2.45, 2.75) is 6.92 Å². The fourth-order valence-electron chi connectivity index (χ4n) is 1.01. The summed E-state index contributed by atoms with van der Waals surface area (Å²) in [6, 6.07) is 6.07. The zero-order valence-electron chi connectivity index (χ0n) is 7.79. The van der Waals surface area contributed by atoms with Crippen molar-refractivity contribution in [2.75, 3.05) is 11.9 Å². The molecule has 0 amide bonds. The van der Waals surface area contributed by atoms with Crippen molar-refractivity contribution >= 4 is 34.1 Å². The molecule has 0 aliphatic rings. The lowest BCUT2D eigenvalue weighted by Gasteiger charge is -2.08. The van der Waals surface area contributed by atoms with Gasteiger partial charge in [0.05, 0.1) is 6.54 Å². The van der Waals surface area contributed by atoms with E-state index in [2.05, 4.69) is 33.1 Å². The number of anilines is 1. The molecular weight excluding hydrogens is 293 g/mol. The summed E-state index contributed by atoms with van der Waals surface area (Å²) in [5, 5.41) is 14.3. The van der Waals surface area contributed by atoms with Gasteiger partial charge < -0.3 is 16.3 Å². The van der Waals surface area contributed by atoms with Crippen LogP contribution in [0, 0.1) is 10.5 Å². The van der Waals surface area contributed by atoms with Crippen molar-refractivity contribution in [2.24, 2.45) is 10.9 Å². The average Bonchev–Trinajstić information content (AvgIpc) is 2.19. The second-order valence-corrected chi connectivity index (χ2v) is 4.15. The molecule has 0 spiro atoms. The molecule has 0 bridgehead atoms. The zero-order valence-corrected chi connectivity index (χ0v) is 9.95. The van der Waals surface area contributed by atoms with E-state index in [1.807, 2.05) is 25.1 Å². The van der Waals surface area contributed by atoms with Crippen LogP contribution >= 0.6 is 22.6 Å². The van der Waals surface area contributed by atoms with Crippen molar-refractivity contribution in [3.63, 3.8) is 0 Å². The zero-order chi connectivity index (χ0) is 10.6. The standard InChI is InChI=1S/C9H12IN3O/c1-6-2-3-7(10)4-8(6)12-5-9(11)13-14/h2-4,12,14H,5H2,1H3,(H2,11,13). The van der Waals surface area contributed by atoms with E-state index in [0.717, 1.165) is 14.8 Å². The summed E-state index contributed by atoms with van der Waals surface area (Å²) >= 11 is 2.24. The van der Waals surface area contributed by atoms with Gasteiger partial charge >= 0.3 is 0 Å². The SMILES string of the molecule is Cc1ccc(I)cc1NC/C(N)=N/O. The van der Waals surface area contributed by atoms with Crippen molar-refractivity contribution in [1.82, 2.24) is 0 Å². The summed E-state index contributed by atoms with van der Waals surface area (Å²) in [6.07, 6.45) is 0. The summed E-state index contributed by atoms with van der Waals surface area (Å²) in [5.41, 5.74) is 7.48. The summed E-state index contributed by atoms with van der Waals surface area (Å²) in [6.45, 7) is 2.35. The highest BCUT2D eigenvalue weighted by molar-refractivity contribution is 14.1. The highest BCUT2D eigenvalue weighted by atomic mass is 127. The van der Waals surface area contributed by atoms with Crippen LogP contribution < -0.4 is 11.1 Å². The van der Waals surface area contributed by atoms with Crippen LogP contribution in [-0.2, 0) is 0 Å². The number of nitrogens with one attached hydrogen (secondary N) is 1. The van der Waals surface area contributed by atoms with E-state index in [-0.39, 0.29) is 5.84 Å². The summed E-state index contributed by atoms with van der Waals surface area (Å²) in [4.78, 5) is 0. The third-order valence-corrected chi connectivity index (χ3v) is 2.46. The van der Waals surface area contributed by atoms with E-state index in [9.17, 15) is 0 Å². The lowest BCUT2D eigenvalue weighted by atomic mass is 10.2. The van der Waals surface area contributed by atoms with Gasteiger partial charge in [-0.2, -0.15) is 0 Å². The van der Waals surface area contributed by atoms with Gasteiger partial charge in [-0.25, -0.2) is 0 Å². The second-order valence-electron chi connectivity index (χ2n) is 2.90. The lowest BCUT2D eigenvalue weighted by molar-refractivity contribution is 0.317. The molecule has 1 rings (SSSR count). The lowest BCUT2D eigenvalue weighted by Crippen LogP contribution is -2.22. The Hall–Kier alpha value is -0.980. The van der Waals surface area contributed by atoms with Crippen LogP contribution in [0.4, 0.5) is 5.69 Å². The molecule has 0 radical (unpaired) electrons. The molecule has 14 heavy (non-hydrogen) atoms. The van der Waals surface area contributed by atoms with Gasteiger partial charge in [0, 0.05) is 9.26 Å². The van der Waals surface area contributed by atoms with E-state index in [1.165, 1.54) is 0 Å². The molecule has 0 aliphatic carbocycles. The number of aryl methyl sites for hydroxylation is 1. The molecule has 0 fully saturated rings. The van der Waals surface area contributed by atoms with Crippen molar-refractivity contribution in [1.29, 1.82) is 0 Å². The predicted octanol–water partition coefficient (Wildman–Crippen LogP) is 1.76. The van der Waals surface area contributed by atoms with Gasteiger partial charge in [-0.05, 0) is 47.2 Å². The Morgan fingerprint density at radius 3 is 3.00 bits per heavy atom. The van der Waals surface area contributed by atoms with Crippen LogP contribution in [0.25, 0.3) is 0 Å². The molecule has 1 aromatic carbocycles. The van der Waals surface area contributed by atoms with Crippen LogP contribution in [0.1, 0.15) is 5.56 Å². The topological polar surface area (TPSA) is 70.6 Å². The molecule has 4 nitrogen and oxygen atoms in total. The van der Waals surface area contributed by atoms with Gasteiger partial charge in [-0.15, -0.1) is 0 Å².